The lowest BCUT2D eigenvalue weighted by molar-refractivity contribution is -0.605. The lowest BCUT2D eigenvalue weighted by Crippen LogP contribution is -2.50. The van der Waals surface area contributed by atoms with Crippen LogP contribution in [0.2, 0.25) is 5.02 Å². The van der Waals surface area contributed by atoms with Crippen LogP contribution < -0.4 is 4.73 Å². The van der Waals surface area contributed by atoms with Gasteiger partial charge in [0.1, 0.15) is 4.21 Å². The highest BCUT2D eigenvalue weighted by Gasteiger charge is 2.32. The van der Waals surface area contributed by atoms with E-state index in [0.29, 0.717) is 14.8 Å². The van der Waals surface area contributed by atoms with Gasteiger partial charge in [0.15, 0.2) is 17.4 Å². The lowest BCUT2D eigenvalue weighted by atomic mass is 10.2. The number of rotatable bonds is 4. The van der Waals surface area contributed by atoms with Crippen LogP contribution in [-0.4, -0.2) is 54.7 Å². The van der Waals surface area contributed by atoms with Crippen LogP contribution in [0, 0.1) is 5.21 Å². The SMILES string of the molecule is O=C(c1ncc(-c2cc[n+]([O-])cc2)s1)N1CCN(S(=O)(=O)c2cc3ccc(Cl)cc3s2)CC1. The second kappa shape index (κ2) is 8.65. The number of amides is 1. The van der Waals surface area contributed by atoms with Crippen LogP contribution >= 0.6 is 34.3 Å². The minimum absolute atomic E-state index is 0.212. The molecule has 12 heteroatoms. The highest BCUT2D eigenvalue weighted by atomic mass is 35.5. The summed E-state index contributed by atoms with van der Waals surface area (Å²) in [5.41, 5.74) is 0.805. The summed E-state index contributed by atoms with van der Waals surface area (Å²) in [5.74, 6) is -0.227. The van der Waals surface area contributed by atoms with Crippen molar-refractivity contribution in [3.05, 3.63) is 70.2 Å². The fourth-order valence-corrected chi connectivity index (χ4v) is 7.73. The number of nitrogens with zero attached hydrogens (tertiary/aromatic N) is 4. The van der Waals surface area contributed by atoms with E-state index in [9.17, 15) is 18.4 Å². The molecule has 1 aliphatic heterocycles. The monoisotopic (exact) mass is 520 g/mol. The Kier molecular flexibility index (Phi) is 5.83. The fourth-order valence-electron chi connectivity index (χ4n) is 3.59. The fraction of sp³-hybridized carbons (Fsp3) is 0.190. The van der Waals surface area contributed by atoms with E-state index in [1.807, 2.05) is 0 Å². The molecule has 1 amide bonds. The second-order valence-corrected chi connectivity index (χ2v) is 12.1. The summed E-state index contributed by atoms with van der Waals surface area (Å²) in [6.07, 6.45) is 4.39. The average Bonchev–Trinajstić information content (AvgIpc) is 3.47. The number of halogens is 1. The Balaban J connectivity index is 1.27. The van der Waals surface area contributed by atoms with Crippen LogP contribution in [-0.2, 0) is 10.0 Å². The number of hydrogen-bond acceptors (Lipinski definition) is 7. The molecule has 3 aromatic heterocycles. The van der Waals surface area contributed by atoms with Gasteiger partial charge in [0.25, 0.3) is 15.9 Å². The molecule has 0 radical (unpaired) electrons. The van der Waals surface area contributed by atoms with Crippen LogP contribution in [0.3, 0.4) is 0 Å². The molecule has 8 nitrogen and oxygen atoms in total. The minimum Gasteiger partial charge on any atom is -0.619 e. The van der Waals surface area contributed by atoms with Gasteiger partial charge in [0, 0.05) is 59.8 Å². The number of carbonyl (C=O) groups is 1. The molecule has 0 bridgehead atoms. The summed E-state index contributed by atoms with van der Waals surface area (Å²) in [5, 5.41) is 12.9. The van der Waals surface area contributed by atoms with E-state index in [0.717, 1.165) is 20.5 Å². The Morgan fingerprint density at radius 1 is 1.06 bits per heavy atom. The first-order chi connectivity index (χ1) is 15.8. The Morgan fingerprint density at radius 2 is 1.79 bits per heavy atom. The molecule has 33 heavy (non-hydrogen) atoms. The van der Waals surface area contributed by atoms with Gasteiger partial charge >= 0.3 is 0 Å². The van der Waals surface area contributed by atoms with Gasteiger partial charge in [-0.25, -0.2) is 13.4 Å². The summed E-state index contributed by atoms with van der Waals surface area (Å²) in [6, 6.07) is 10.3. The molecule has 0 atom stereocenters. The standard InChI is InChI=1S/C21H17ClN4O4S3/c22-16-2-1-15-11-19(31-17(15)12-16)33(29,30)26-9-7-24(8-10-26)21(27)20-23-13-18(32-20)14-3-5-25(28)6-4-14/h1-6,11-13H,7-10H2. The van der Waals surface area contributed by atoms with E-state index in [4.69, 9.17) is 11.6 Å². The summed E-state index contributed by atoms with van der Waals surface area (Å²) in [4.78, 5) is 19.6. The second-order valence-electron chi connectivity index (χ2n) is 7.42. The van der Waals surface area contributed by atoms with Crippen molar-refractivity contribution < 1.29 is 17.9 Å². The highest BCUT2D eigenvalue weighted by molar-refractivity contribution is 7.91. The van der Waals surface area contributed by atoms with E-state index >= 15 is 0 Å². The molecule has 1 aliphatic rings. The maximum absolute atomic E-state index is 13.1. The van der Waals surface area contributed by atoms with E-state index in [1.165, 1.54) is 39.4 Å². The molecule has 0 aliphatic carbocycles. The van der Waals surface area contributed by atoms with Crippen molar-refractivity contribution in [2.24, 2.45) is 0 Å². The first-order valence-electron chi connectivity index (χ1n) is 9.95. The van der Waals surface area contributed by atoms with Crippen molar-refractivity contribution in [2.45, 2.75) is 4.21 Å². The zero-order chi connectivity index (χ0) is 23.2. The first kappa shape index (κ1) is 22.2. The summed E-state index contributed by atoms with van der Waals surface area (Å²) >= 11 is 8.46. The summed E-state index contributed by atoms with van der Waals surface area (Å²) < 4.78 is 29.5. The van der Waals surface area contributed by atoms with Crippen molar-refractivity contribution in [1.82, 2.24) is 14.2 Å². The van der Waals surface area contributed by atoms with Gasteiger partial charge in [-0.2, -0.15) is 9.04 Å². The Labute approximate surface area is 202 Å². The van der Waals surface area contributed by atoms with Crippen molar-refractivity contribution in [2.75, 3.05) is 26.2 Å². The van der Waals surface area contributed by atoms with Crippen molar-refractivity contribution in [1.29, 1.82) is 0 Å². The van der Waals surface area contributed by atoms with E-state index < -0.39 is 10.0 Å². The van der Waals surface area contributed by atoms with Gasteiger partial charge in [-0.3, -0.25) is 4.79 Å². The van der Waals surface area contributed by atoms with Crippen molar-refractivity contribution >= 4 is 60.3 Å². The molecule has 0 spiro atoms. The Hall–Kier alpha value is -2.57. The molecule has 1 aromatic carbocycles. The summed E-state index contributed by atoms with van der Waals surface area (Å²) in [7, 11) is -3.66. The predicted octanol–water partition coefficient (Wildman–Crippen LogP) is 3.46. The number of hydrogen-bond donors (Lipinski definition) is 0. The number of pyridine rings is 1. The molecule has 170 valence electrons. The Morgan fingerprint density at radius 3 is 2.52 bits per heavy atom. The largest absolute Gasteiger partial charge is 0.619 e. The molecule has 1 fully saturated rings. The van der Waals surface area contributed by atoms with Crippen LogP contribution in [0.5, 0.6) is 0 Å². The highest BCUT2D eigenvalue weighted by Crippen LogP contribution is 2.33. The average molecular weight is 521 g/mol. The van der Waals surface area contributed by atoms with Gasteiger partial charge in [0.05, 0.1) is 4.88 Å². The van der Waals surface area contributed by atoms with Gasteiger partial charge in [-0.1, -0.05) is 17.7 Å². The van der Waals surface area contributed by atoms with Crippen LogP contribution in [0.4, 0.5) is 0 Å². The lowest BCUT2D eigenvalue weighted by Gasteiger charge is -2.33. The van der Waals surface area contributed by atoms with E-state index in [-0.39, 0.29) is 36.3 Å². The third-order valence-electron chi connectivity index (χ3n) is 5.35. The molecule has 0 N–H and O–H groups in total. The molecular formula is C21H17ClN4O4S3. The number of benzene rings is 1. The number of piperazine rings is 1. The molecular weight excluding hydrogens is 504 g/mol. The molecule has 1 saturated heterocycles. The first-order valence-corrected chi connectivity index (χ1v) is 13.4. The molecule has 4 aromatic rings. The topological polar surface area (TPSA) is 97.5 Å². The quantitative estimate of drug-likeness (QED) is 0.303. The molecule has 4 heterocycles. The number of aromatic nitrogens is 2. The Bertz CT molecular complexity index is 1440. The van der Waals surface area contributed by atoms with Gasteiger partial charge in [0.2, 0.25) is 0 Å². The van der Waals surface area contributed by atoms with Gasteiger partial charge < -0.3 is 10.1 Å². The van der Waals surface area contributed by atoms with Gasteiger partial charge in [-0.15, -0.1) is 22.7 Å². The predicted molar refractivity (Wildman–Crippen MR) is 128 cm³/mol. The summed E-state index contributed by atoms with van der Waals surface area (Å²) in [6.45, 7) is 0.990. The number of thiophene rings is 1. The normalized spacial score (nSPS) is 15.2. The zero-order valence-electron chi connectivity index (χ0n) is 17.0. The van der Waals surface area contributed by atoms with Crippen LogP contribution in [0.25, 0.3) is 20.5 Å². The molecule has 0 saturated carbocycles. The van der Waals surface area contributed by atoms with E-state index in [1.54, 1.807) is 47.5 Å². The third kappa shape index (κ3) is 4.34. The van der Waals surface area contributed by atoms with Crippen LogP contribution in [0.1, 0.15) is 9.80 Å². The zero-order valence-corrected chi connectivity index (χ0v) is 20.3. The number of fused-ring (bicyclic) bond motifs is 1. The number of thiazole rings is 1. The maximum Gasteiger partial charge on any atom is 0.282 e. The number of carbonyl (C=O) groups excluding carboxylic acids is 1. The van der Waals surface area contributed by atoms with Crippen molar-refractivity contribution in [3.8, 4) is 10.4 Å². The van der Waals surface area contributed by atoms with Gasteiger partial charge in [-0.05, 0) is 23.6 Å². The van der Waals surface area contributed by atoms with Crippen molar-refractivity contribution in [3.63, 3.8) is 0 Å². The molecule has 0 unspecified atom stereocenters. The minimum atomic E-state index is -3.66. The van der Waals surface area contributed by atoms with E-state index in [2.05, 4.69) is 4.98 Å². The smallest absolute Gasteiger partial charge is 0.282 e. The number of sulfonamides is 1. The van der Waals surface area contributed by atoms with Crippen LogP contribution in [0.15, 0.2) is 59.2 Å². The third-order valence-corrected chi connectivity index (χ3v) is 10.1. The molecule has 5 rings (SSSR count). The maximum atomic E-state index is 13.1.